The van der Waals surface area contributed by atoms with Gasteiger partial charge in [-0.25, -0.2) is 0 Å². The molecule has 2 rings (SSSR count). The number of likely N-dealkylation sites (N-methyl/N-ethyl adjacent to an activating group) is 1. The van der Waals surface area contributed by atoms with E-state index in [2.05, 4.69) is 33.0 Å². The number of rotatable bonds is 5. The van der Waals surface area contributed by atoms with Crippen LogP contribution < -0.4 is 0 Å². The molecular formula is C16H18BrNO. The van der Waals surface area contributed by atoms with Gasteiger partial charge >= 0.3 is 0 Å². The van der Waals surface area contributed by atoms with Gasteiger partial charge in [-0.1, -0.05) is 58.4 Å². The summed E-state index contributed by atoms with van der Waals surface area (Å²) in [6.45, 7) is 1.46. The molecule has 0 saturated heterocycles. The molecule has 1 N–H and O–H groups in total. The van der Waals surface area contributed by atoms with Crippen LogP contribution in [0, 0.1) is 0 Å². The first-order chi connectivity index (χ1) is 9.15. The lowest BCUT2D eigenvalue weighted by atomic mass is 10.1. The van der Waals surface area contributed by atoms with Gasteiger partial charge in [0.05, 0.1) is 6.10 Å². The quantitative estimate of drug-likeness (QED) is 0.910. The number of aliphatic hydroxyl groups is 1. The van der Waals surface area contributed by atoms with E-state index >= 15 is 0 Å². The summed E-state index contributed by atoms with van der Waals surface area (Å²) < 4.78 is 0.995. The van der Waals surface area contributed by atoms with Gasteiger partial charge in [-0.2, -0.15) is 0 Å². The van der Waals surface area contributed by atoms with E-state index in [1.165, 1.54) is 5.56 Å². The van der Waals surface area contributed by atoms with Crippen molar-refractivity contribution in [2.45, 2.75) is 12.6 Å². The van der Waals surface area contributed by atoms with Gasteiger partial charge in [-0.15, -0.1) is 0 Å². The third-order valence-corrected chi connectivity index (χ3v) is 3.51. The van der Waals surface area contributed by atoms with Crippen molar-refractivity contribution in [2.75, 3.05) is 13.6 Å². The number of hydrogen-bond acceptors (Lipinski definition) is 2. The van der Waals surface area contributed by atoms with Crippen molar-refractivity contribution in [3.63, 3.8) is 0 Å². The Labute approximate surface area is 122 Å². The standard InChI is InChI=1S/C16H18BrNO/c1-18(11-13-6-3-2-4-7-13)12-16(19)14-8-5-9-15(17)10-14/h2-10,16,19H,11-12H2,1H3. The average Bonchev–Trinajstić information content (AvgIpc) is 2.39. The molecule has 3 heteroatoms. The fraction of sp³-hybridized carbons (Fsp3) is 0.250. The normalized spacial score (nSPS) is 12.6. The minimum atomic E-state index is -0.466. The Bertz CT molecular complexity index is 515. The molecule has 0 radical (unpaired) electrons. The van der Waals surface area contributed by atoms with Crippen molar-refractivity contribution in [2.24, 2.45) is 0 Å². The maximum absolute atomic E-state index is 10.2. The van der Waals surface area contributed by atoms with Crippen LogP contribution in [0.25, 0.3) is 0 Å². The molecule has 2 aromatic carbocycles. The number of halogens is 1. The molecule has 0 spiro atoms. The summed E-state index contributed by atoms with van der Waals surface area (Å²) in [5.41, 5.74) is 2.20. The molecule has 0 fully saturated rings. The third-order valence-electron chi connectivity index (χ3n) is 3.01. The number of hydrogen-bond donors (Lipinski definition) is 1. The lowest BCUT2D eigenvalue weighted by Crippen LogP contribution is -2.24. The van der Waals surface area contributed by atoms with Crippen LogP contribution in [0.1, 0.15) is 17.2 Å². The van der Waals surface area contributed by atoms with E-state index in [4.69, 9.17) is 0 Å². The number of nitrogens with zero attached hydrogens (tertiary/aromatic N) is 1. The van der Waals surface area contributed by atoms with E-state index in [-0.39, 0.29) is 0 Å². The van der Waals surface area contributed by atoms with Gasteiger partial charge in [0.1, 0.15) is 0 Å². The summed E-state index contributed by atoms with van der Waals surface area (Å²) >= 11 is 3.43. The van der Waals surface area contributed by atoms with Crippen LogP contribution in [0.15, 0.2) is 59.1 Å². The Balaban J connectivity index is 1.93. The minimum Gasteiger partial charge on any atom is -0.387 e. The molecule has 1 unspecified atom stereocenters. The van der Waals surface area contributed by atoms with Crippen molar-refractivity contribution >= 4 is 15.9 Å². The molecular weight excluding hydrogens is 302 g/mol. The van der Waals surface area contributed by atoms with Gasteiger partial charge in [0.15, 0.2) is 0 Å². The van der Waals surface area contributed by atoms with Crippen molar-refractivity contribution in [3.8, 4) is 0 Å². The molecule has 0 saturated carbocycles. The fourth-order valence-electron chi connectivity index (χ4n) is 2.07. The zero-order valence-electron chi connectivity index (χ0n) is 11.0. The molecule has 2 nitrogen and oxygen atoms in total. The number of benzene rings is 2. The summed E-state index contributed by atoms with van der Waals surface area (Å²) in [6, 6.07) is 18.1. The third kappa shape index (κ3) is 4.46. The maximum atomic E-state index is 10.2. The molecule has 100 valence electrons. The topological polar surface area (TPSA) is 23.5 Å². The van der Waals surface area contributed by atoms with Gasteiger partial charge in [0.25, 0.3) is 0 Å². The van der Waals surface area contributed by atoms with E-state index in [1.54, 1.807) is 0 Å². The highest BCUT2D eigenvalue weighted by Crippen LogP contribution is 2.19. The Morgan fingerprint density at radius 3 is 2.53 bits per heavy atom. The van der Waals surface area contributed by atoms with Crippen LogP contribution in [0.4, 0.5) is 0 Å². The molecule has 0 aliphatic heterocycles. The molecule has 2 aromatic rings. The molecule has 0 aliphatic rings. The first kappa shape index (κ1) is 14.3. The summed E-state index contributed by atoms with van der Waals surface area (Å²) in [5, 5.41) is 10.2. The molecule has 0 bridgehead atoms. The summed E-state index contributed by atoms with van der Waals surface area (Å²) in [5.74, 6) is 0. The van der Waals surface area contributed by atoms with E-state index in [9.17, 15) is 5.11 Å². The second-order valence-electron chi connectivity index (χ2n) is 4.75. The Hall–Kier alpha value is -1.16. The Kier molecular flexibility index (Phi) is 5.14. The van der Waals surface area contributed by atoms with E-state index in [0.717, 1.165) is 16.6 Å². The second-order valence-corrected chi connectivity index (χ2v) is 5.67. The number of aliphatic hydroxyl groups excluding tert-OH is 1. The van der Waals surface area contributed by atoms with Crippen LogP contribution in [0.5, 0.6) is 0 Å². The van der Waals surface area contributed by atoms with E-state index < -0.39 is 6.10 Å². The van der Waals surface area contributed by atoms with Gasteiger partial charge in [0.2, 0.25) is 0 Å². The molecule has 0 aliphatic carbocycles. The smallest absolute Gasteiger partial charge is 0.0917 e. The molecule has 0 heterocycles. The monoisotopic (exact) mass is 319 g/mol. The summed E-state index contributed by atoms with van der Waals surface area (Å²) in [7, 11) is 2.02. The molecule has 0 aromatic heterocycles. The van der Waals surface area contributed by atoms with Gasteiger partial charge < -0.3 is 5.11 Å². The zero-order chi connectivity index (χ0) is 13.7. The minimum absolute atomic E-state index is 0.466. The molecule has 19 heavy (non-hydrogen) atoms. The highest BCUT2D eigenvalue weighted by Gasteiger charge is 2.11. The fourth-order valence-corrected chi connectivity index (χ4v) is 2.49. The molecule has 0 amide bonds. The molecule has 1 atom stereocenters. The highest BCUT2D eigenvalue weighted by atomic mass is 79.9. The van der Waals surface area contributed by atoms with Crippen LogP contribution in [-0.2, 0) is 6.54 Å². The predicted molar refractivity (Wildman–Crippen MR) is 81.9 cm³/mol. The van der Waals surface area contributed by atoms with Gasteiger partial charge in [-0.05, 0) is 30.3 Å². The van der Waals surface area contributed by atoms with Gasteiger partial charge in [-0.3, -0.25) is 4.90 Å². The maximum Gasteiger partial charge on any atom is 0.0917 e. The van der Waals surface area contributed by atoms with Crippen LogP contribution in [-0.4, -0.2) is 23.6 Å². The van der Waals surface area contributed by atoms with Crippen molar-refractivity contribution < 1.29 is 5.11 Å². The SMILES string of the molecule is CN(Cc1ccccc1)CC(O)c1cccc(Br)c1. The van der Waals surface area contributed by atoms with Crippen LogP contribution >= 0.6 is 15.9 Å². The lowest BCUT2D eigenvalue weighted by Gasteiger charge is -2.21. The first-order valence-corrected chi connectivity index (χ1v) is 7.10. The first-order valence-electron chi connectivity index (χ1n) is 6.31. The Morgan fingerprint density at radius 2 is 1.84 bits per heavy atom. The average molecular weight is 320 g/mol. The van der Waals surface area contributed by atoms with Crippen molar-refractivity contribution in [1.29, 1.82) is 0 Å². The van der Waals surface area contributed by atoms with Crippen LogP contribution in [0.3, 0.4) is 0 Å². The predicted octanol–water partition coefficient (Wildman–Crippen LogP) is 3.61. The highest BCUT2D eigenvalue weighted by molar-refractivity contribution is 9.10. The van der Waals surface area contributed by atoms with Crippen LogP contribution in [0.2, 0.25) is 0 Å². The summed E-state index contributed by atoms with van der Waals surface area (Å²) in [4.78, 5) is 2.13. The largest absolute Gasteiger partial charge is 0.387 e. The second kappa shape index (κ2) is 6.85. The Morgan fingerprint density at radius 1 is 1.11 bits per heavy atom. The van der Waals surface area contributed by atoms with Gasteiger partial charge in [0, 0.05) is 17.6 Å². The van der Waals surface area contributed by atoms with Crippen molar-refractivity contribution in [1.82, 2.24) is 4.90 Å². The summed E-state index contributed by atoms with van der Waals surface area (Å²) in [6.07, 6.45) is -0.466. The lowest BCUT2D eigenvalue weighted by molar-refractivity contribution is 0.124. The van der Waals surface area contributed by atoms with E-state index in [0.29, 0.717) is 6.54 Å². The van der Waals surface area contributed by atoms with E-state index in [1.807, 2.05) is 49.5 Å². The zero-order valence-corrected chi connectivity index (χ0v) is 12.5. The van der Waals surface area contributed by atoms with Crippen molar-refractivity contribution in [3.05, 3.63) is 70.2 Å².